The molecule has 3 nitrogen and oxygen atoms in total. The van der Waals surface area contributed by atoms with E-state index >= 15 is 0 Å². The average molecular weight is 129 g/mol. The van der Waals surface area contributed by atoms with E-state index in [4.69, 9.17) is 5.11 Å². The molecular formula is C6H11NO2. The number of likely N-dealkylation sites (tertiary alicyclic amines) is 1. The van der Waals surface area contributed by atoms with Crippen molar-refractivity contribution in [1.82, 2.24) is 4.90 Å². The van der Waals surface area contributed by atoms with Gasteiger partial charge in [0.1, 0.15) is 6.29 Å². The van der Waals surface area contributed by atoms with Crippen molar-refractivity contribution in [3.8, 4) is 0 Å². The summed E-state index contributed by atoms with van der Waals surface area (Å²) in [4.78, 5) is 11.9. The van der Waals surface area contributed by atoms with E-state index in [2.05, 4.69) is 0 Å². The monoisotopic (exact) mass is 129 g/mol. The molecule has 0 unspecified atom stereocenters. The van der Waals surface area contributed by atoms with Gasteiger partial charge in [0.25, 0.3) is 0 Å². The second-order valence-electron chi connectivity index (χ2n) is 2.37. The Morgan fingerprint density at radius 1 is 1.78 bits per heavy atom. The van der Waals surface area contributed by atoms with Gasteiger partial charge in [-0.3, -0.25) is 4.90 Å². The number of nitrogens with zero attached hydrogens (tertiary/aromatic N) is 1. The van der Waals surface area contributed by atoms with E-state index in [1.165, 1.54) is 0 Å². The number of aldehydes is 1. The molecular weight excluding hydrogens is 118 g/mol. The lowest BCUT2D eigenvalue weighted by atomic mass is 10.3. The first kappa shape index (κ1) is 6.71. The summed E-state index contributed by atoms with van der Waals surface area (Å²) in [7, 11) is 0. The van der Waals surface area contributed by atoms with Crippen molar-refractivity contribution < 1.29 is 9.90 Å². The van der Waals surface area contributed by atoms with Crippen LogP contribution in [-0.2, 0) is 4.79 Å². The largest absolute Gasteiger partial charge is 0.392 e. The topological polar surface area (TPSA) is 40.5 Å². The maximum absolute atomic E-state index is 9.94. The maximum atomic E-state index is 9.94. The number of carbonyl (C=O) groups is 1. The van der Waals surface area contributed by atoms with Gasteiger partial charge < -0.3 is 9.90 Å². The van der Waals surface area contributed by atoms with Crippen molar-refractivity contribution in [2.45, 2.75) is 12.5 Å². The molecule has 1 atom stereocenters. The predicted molar refractivity (Wildman–Crippen MR) is 33.1 cm³/mol. The Kier molecular flexibility index (Phi) is 2.19. The van der Waals surface area contributed by atoms with Gasteiger partial charge in [-0.25, -0.2) is 0 Å². The molecule has 0 radical (unpaired) electrons. The van der Waals surface area contributed by atoms with Crippen molar-refractivity contribution in [1.29, 1.82) is 0 Å². The van der Waals surface area contributed by atoms with Crippen LogP contribution < -0.4 is 0 Å². The third-order valence-corrected chi connectivity index (χ3v) is 1.58. The first-order valence-electron chi connectivity index (χ1n) is 3.17. The number of carbonyl (C=O) groups excluding carboxylic acids is 1. The molecule has 0 aromatic heterocycles. The smallest absolute Gasteiger partial charge is 0.133 e. The summed E-state index contributed by atoms with van der Waals surface area (Å²) in [5.41, 5.74) is 0. The molecule has 0 aromatic carbocycles. The summed E-state index contributed by atoms with van der Waals surface area (Å²) < 4.78 is 0. The van der Waals surface area contributed by atoms with Gasteiger partial charge in [0.05, 0.1) is 12.6 Å². The number of rotatable bonds is 2. The molecule has 0 saturated carbocycles. The minimum Gasteiger partial charge on any atom is -0.392 e. The van der Waals surface area contributed by atoms with E-state index in [0.29, 0.717) is 13.1 Å². The quantitative estimate of drug-likeness (QED) is 0.499. The van der Waals surface area contributed by atoms with Gasteiger partial charge in [0.15, 0.2) is 0 Å². The van der Waals surface area contributed by atoms with Gasteiger partial charge in [0.2, 0.25) is 0 Å². The van der Waals surface area contributed by atoms with Gasteiger partial charge in [-0.05, 0) is 6.42 Å². The third-order valence-electron chi connectivity index (χ3n) is 1.58. The third kappa shape index (κ3) is 1.77. The standard InChI is InChI=1S/C6H11NO2/c8-4-3-7-2-1-6(9)5-7/h4,6,9H,1-3,5H2/t6-/m1/s1. The fourth-order valence-corrected chi connectivity index (χ4v) is 1.08. The minimum absolute atomic E-state index is 0.204. The highest BCUT2D eigenvalue weighted by Crippen LogP contribution is 2.06. The number of hydrogen-bond donors (Lipinski definition) is 1. The van der Waals surface area contributed by atoms with Crippen molar-refractivity contribution >= 4 is 6.29 Å². The Bertz CT molecular complexity index is 105. The van der Waals surface area contributed by atoms with Crippen LogP contribution in [0, 0.1) is 0 Å². The van der Waals surface area contributed by atoms with Crippen LogP contribution in [0.5, 0.6) is 0 Å². The van der Waals surface area contributed by atoms with Crippen molar-refractivity contribution in [2.24, 2.45) is 0 Å². The number of β-amino-alcohol motifs (C(OH)–C–C–N with tert-alkyl or cyclic N) is 1. The van der Waals surface area contributed by atoms with Gasteiger partial charge in [-0.1, -0.05) is 0 Å². The zero-order valence-corrected chi connectivity index (χ0v) is 5.29. The van der Waals surface area contributed by atoms with Crippen molar-refractivity contribution in [2.75, 3.05) is 19.6 Å². The van der Waals surface area contributed by atoms with E-state index in [0.717, 1.165) is 19.3 Å². The highest BCUT2D eigenvalue weighted by Gasteiger charge is 2.18. The lowest BCUT2D eigenvalue weighted by molar-refractivity contribution is -0.108. The Morgan fingerprint density at radius 3 is 3.00 bits per heavy atom. The molecule has 0 aliphatic carbocycles. The minimum atomic E-state index is -0.204. The molecule has 9 heavy (non-hydrogen) atoms. The van der Waals surface area contributed by atoms with E-state index in [1.807, 2.05) is 4.90 Å². The molecule has 0 bridgehead atoms. The second-order valence-corrected chi connectivity index (χ2v) is 2.37. The van der Waals surface area contributed by atoms with Crippen molar-refractivity contribution in [3.05, 3.63) is 0 Å². The van der Waals surface area contributed by atoms with Crippen LogP contribution in [0.3, 0.4) is 0 Å². The SMILES string of the molecule is O=CCN1CC[C@@H](O)C1. The van der Waals surface area contributed by atoms with Crippen LogP contribution >= 0.6 is 0 Å². The normalized spacial score (nSPS) is 28.8. The molecule has 1 saturated heterocycles. The van der Waals surface area contributed by atoms with Crippen LogP contribution in [0.4, 0.5) is 0 Å². The summed E-state index contributed by atoms with van der Waals surface area (Å²) in [6, 6.07) is 0. The Balaban J connectivity index is 2.21. The summed E-state index contributed by atoms with van der Waals surface area (Å²) in [5, 5.41) is 8.97. The fourth-order valence-electron chi connectivity index (χ4n) is 1.08. The van der Waals surface area contributed by atoms with Crippen LogP contribution in [0.2, 0.25) is 0 Å². The summed E-state index contributed by atoms with van der Waals surface area (Å²) in [6.07, 6.45) is 1.48. The molecule has 1 N–H and O–H groups in total. The van der Waals surface area contributed by atoms with E-state index in [1.54, 1.807) is 0 Å². The predicted octanol–water partition coefficient (Wildman–Crippen LogP) is -0.748. The second kappa shape index (κ2) is 2.94. The molecule has 52 valence electrons. The van der Waals surface area contributed by atoms with Gasteiger partial charge in [0, 0.05) is 13.1 Å². The lowest BCUT2D eigenvalue weighted by Gasteiger charge is -2.08. The Labute approximate surface area is 54.3 Å². The zero-order chi connectivity index (χ0) is 6.69. The van der Waals surface area contributed by atoms with Crippen molar-refractivity contribution in [3.63, 3.8) is 0 Å². The Morgan fingerprint density at radius 2 is 2.56 bits per heavy atom. The average Bonchev–Trinajstić information content (AvgIpc) is 2.17. The van der Waals surface area contributed by atoms with Gasteiger partial charge >= 0.3 is 0 Å². The fraction of sp³-hybridized carbons (Fsp3) is 0.833. The molecule has 1 aliphatic rings. The molecule has 0 aromatic rings. The van der Waals surface area contributed by atoms with E-state index in [9.17, 15) is 4.79 Å². The van der Waals surface area contributed by atoms with Crippen LogP contribution in [-0.4, -0.2) is 42.0 Å². The molecule has 3 heteroatoms. The van der Waals surface area contributed by atoms with Crippen LogP contribution in [0.25, 0.3) is 0 Å². The van der Waals surface area contributed by atoms with Crippen LogP contribution in [0.1, 0.15) is 6.42 Å². The molecule has 1 aliphatic heterocycles. The molecule has 0 spiro atoms. The lowest BCUT2D eigenvalue weighted by Crippen LogP contribution is -2.23. The first-order valence-corrected chi connectivity index (χ1v) is 3.17. The summed E-state index contributed by atoms with van der Waals surface area (Å²) in [6.45, 7) is 2.00. The molecule has 1 fully saturated rings. The van der Waals surface area contributed by atoms with E-state index < -0.39 is 0 Å². The zero-order valence-electron chi connectivity index (χ0n) is 5.29. The highest BCUT2D eigenvalue weighted by atomic mass is 16.3. The number of aliphatic hydroxyl groups excluding tert-OH is 1. The van der Waals surface area contributed by atoms with E-state index in [-0.39, 0.29) is 6.10 Å². The first-order chi connectivity index (χ1) is 4.33. The number of hydrogen-bond acceptors (Lipinski definition) is 3. The maximum Gasteiger partial charge on any atom is 0.133 e. The summed E-state index contributed by atoms with van der Waals surface area (Å²) >= 11 is 0. The molecule has 1 heterocycles. The van der Waals surface area contributed by atoms with Crippen LogP contribution in [0.15, 0.2) is 0 Å². The highest BCUT2D eigenvalue weighted by molar-refractivity contribution is 5.52. The summed E-state index contributed by atoms with van der Waals surface area (Å²) in [5.74, 6) is 0. The number of aliphatic hydroxyl groups is 1. The Hall–Kier alpha value is -0.410. The molecule has 1 rings (SSSR count). The molecule has 0 amide bonds. The van der Waals surface area contributed by atoms with Gasteiger partial charge in [-0.15, -0.1) is 0 Å². The van der Waals surface area contributed by atoms with Gasteiger partial charge in [-0.2, -0.15) is 0 Å².